The molecule has 0 aromatic rings. The van der Waals surface area contributed by atoms with Crippen LogP contribution in [-0.2, 0) is 4.79 Å². The Morgan fingerprint density at radius 3 is 2.70 bits per heavy atom. The van der Waals surface area contributed by atoms with E-state index < -0.39 is 0 Å². The van der Waals surface area contributed by atoms with Gasteiger partial charge in [0, 0.05) is 20.0 Å². The molecule has 1 aliphatic rings. The summed E-state index contributed by atoms with van der Waals surface area (Å²) in [6, 6.07) is 0. The van der Waals surface area contributed by atoms with Gasteiger partial charge in [0.2, 0.25) is 5.91 Å². The lowest BCUT2D eigenvalue weighted by atomic mass is 10.1. The van der Waals surface area contributed by atoms with Gasteiger partial charge in [-0.2, -0.15) is 0 Å². The van der Waals surface area contributed by atoms with Crippen LogP contribution in [0.4, 0.5) is 0 Å². The van der Waals surface area contributed by atoms with Crippen LogP contribution < -0.4 is 0 Å². The summed E-state index contributed by atoms with van der Waals surface area (Å²) in [5.74, 6) is 0.319. The number of likely N-dealkylation sites (tertiary alicyclic amines) is 1. The van der Waals surface area contributed by atoms with Crippen LogP contribution in [0.25, 0.3) is 0 Å². The molecular formula is C8H15NO. The molecule has 0 spiro atoms. The number of rotatable bonds is 0. The average molecular weight is 141 g/mol. The molecule has 1 saturated heterocycles. The Hall–Kier alpha value is -0.530. The van der Waals surface area contributed by atoms with Crippen molar-refractivity contribution < 1.29 is 4.79 Å². The van der Waals surface area contributed by atoms with Crippen LogP contribution in [0.3, 0.4) is 0 Å². The van der Waals surface area contributed by atoms with Crippen molar-refractivity contribution in [3.8, 4) is 0 Å². The molecule has 58 valence electrons. The summed E-state index contributed by atoms with van der Waals surface area (Å²) in [6.07, 6.45) is 5.55. The predicted molar refractivity (Wildman–Crippen MR) is 40.7 cm³/mol. The van der Waals surface area contributed by atoms with Crippen molar-refractivity contribution in [1.29, 1.82) is 0 Å². The Labute approximate surface area is 62.2 Å². The Balaban J connectivity index is 2.35. The maximum Gasteiger partial charge on any atom is 0.222 e. The molecular weight excluding hydrogens is 126 g/mol. The van der Waals surface area contributed by atoms with Crippen LogP contribution >= 0.6 is 0 Å². The molecule has 0 bridgehead atoms. The van der Waals surface area contributed by atoms with Crippen molar-refractivity contribution in [3.63, 3.8) is 0 Å². The van der Waals surface area contributed by atoms with Crippen molar-refractivity contribution in [3.05, 3.63) is 0 Å². The van der Waals surface area contributed by atoms with E-state index in [4.69, 9.17) is 0 Å². The SMILES string of the molecule is CN1CCCCCCC1=O. The molecule has 1 heterocycles. The van der Waals surface area contributed by atoms with E-state index in [0.717, 1.165) is 19.4 Å². The van der Waals surface area contributed by atoms with Gasteiger partial charge in [-0.15, -0.1) is 0 Å². The molecule has 1 amide bonds. The first-order valence-corrected chi connectivity index (χ1v) is 4.04. The third-order valence-corrected chi connectivity index (χ3v) is 2.06. The highest BCUT2D eigenvalue weighted by molar-refractivity contribution is 5.75. The fourth-order valence-corrected chi connectivity index (χ4v) is 1.29. The minimum atomic E-state index is 0.319. The lowest BCUT2D eigenvalue weighted by Gasteiger charge is -2.19. The molecule has 0 saturated carbocycles. The second-order valence-corrected chi connectivity index (χ2v) is 2.98. The lowest BCUT2D eigenvalue weighted by Crippen LogP contribution is -2.28. The Morgan fingerprint density at radius 2 is 1.90 bits per heavy atom. The van der Waals surface area contributed by atoms with Crippen LogP contribution in [0.5, 0.6) is 0 Å². The molecule has 2 nitrogen and oxygen atoms in total. The number of carbonyl (C=O) groups is 1. The van der Waals surface area contributed by atoms with Crippen molar-refractivity contribution in [1.82, 2.24) is 4.90 Å². The summed E-state index contributed by atoms with van der Waals surface area (Å²) >= 11 is 0. The fraction of sp³-hybridized carbons (Fsp3) is 0.875. The molecule has 0 unspecified atom stereocenters. The number of hydrogen-bond donors (Lipinski definition) is 0. The van der Waals surface area contributed by atoms with Gasteiger partial charge in [0.25, 0.3) is 0 Å². The largest absolute Gasteiger partial charge is 0.346 e. The van der Waals surface area contributed by atoms with Gasteiger partial charge in [0.1, 0.15) is 0 Å². The van der Waals surface area contributed by atoms with Crippen LogP contribution in [0.2, 0.25) is 0 Å². The zero-order chi connectivity index (χ0) is 7.40. The molecule has 2 heteroatoms. The average Bonchev–Trinajstić information content (AvgIpc) is 1.92. The van der Waals surface area contributed by atoms with Gasteiger partial charge in [-0.05, 0) is 12.8 Å². The lowest BCUT2D eigenvalue weighted by molar-refractivity contribution is -0.130. The van der Waals surface area contributed by atoms with Gasteiger partial charge >= 0.3 is 0 Å². The van der Waals surface area contributed by atoms with Crippen LogP contribution in [0, 0.1) is 0 Å². The quantitative estimate of drug-likeness (QED) is 0.499. The fourth-order valence-electron chi connectivity index (χ4n) is 1.29. The van der Waals surface area contributed by atoms with Gasteiger partial charge in [-0.3, -0.25) is 4.79 Å². The van der Waals surface area contributed by atoms with Gasteiger partial charge < -0.3 is 4.90 Å². The Kier molecular flexibility index (Phi) is 2.72. The smallest absolute Gasteiger partial charge is 0.222 e. The topological polar surface area (TPSA) is 20.3 Å². The Morgan fingerprint density at radius 1 is 1.20 bits per heavy atom. The van der Waals surface area contributed by atoms with E-state index in [1.807, 2.05) is 11.9 Å². The van der Waals surface area contributed by atoms with Crippen molar-refractivity contribution in [2.75, 3.05) is 13.6 Å². The zero-order valence-electron chi connectivity index (χ0n) is 6.60. The molecule has 0 radical (unpaired) electrons. The maximum absolute atomic E-state index is 11.1. The highest BCUT2D eigenvalue weighted by Crippen LogP contribution is 2.09. The minimum Gasteiger partial charge on any atom is -0.346 e. The number of nitrogens with zero attached hydrogens (tertiary/aromatic N) is 1. The summed E-state index contributed by atoms with van der Waals surface area (Å²) < 4.78 is 0. The van der Waals surface area contributed by atoms with E-state index in [-0.39, 0.29) is 0 Å². The minimum absolute atomic E-state index is 0.319. The predicted octanol–water partition coefficient (Wildman–Crippen LogP) is 1.41. The van der Waals surface area contributed by atoms with E-state index >= 15 is 0 Å². The van der Waals surface area contributed by atoms with E-state index in [9.17, 15) is 4.79 Å². The molecule has 0 aromatic heterocycles. The first-order chi connectivity index (χ1) is 4.80. The molecule has 0 aliphatic carbocycles. The van der Waals surface area contributed by atoms with Crippen molar-refractivity contribution >= 4 is 5.91 Å². The normalized spacial score (nSPS) is 22.1. The third kappa shape index (κ3) is 2.01. The number of hydrogen-bond acceptors (Lipinski definition) is 1. The van der Waals surface area contributed by atoms with Crippen molar-refractivity contribution in [2.24, 2.45) is 0 Å². The van der Waals surface area contributed by atoms with Crippen LogP contribution in [0.15, 0.2) is 0 Å². The molecule has 0 aromatic carbocycles. The van der Waals surface area contributed by atoms with E-state index in [1.165, 1.54) is 19.3 Å². The second-order valence-electron chi connectivity index (χ2n) is 2.98. The zero-order valence-corrected chi connectivity index (χ0v) is 6.60. The van der Waals surface area contributed by atoms with Crippen LogP contribution in [0.1, 0.15) is 32.1 Å². The number of carbonyl (C=O) groups excluding carboxylic acids is 1. The molecule has 10 heavy (non-hydrogen) atoms. The second kappa shape index (κ2) is 3.59. The van der Waals surface area contributed by atoms with Gasteiger partial charge in [0.05, 0.1) is 0 Å². The van der Waals surface area contributed by atoms with Gasteiger partial charge in [-0.1, -0.05) is 12.8 Å². The summed E-state index contributed by atoms with van der Waals surface area (Å²) in [4.78, 5) is 12.9. The first kappa shape index (κ1) is 7.58. The summed E-state index contributed by atoms with van der Waals surface area (Å²) in [6.45, 7) is 0.957. The molecule has 0 atom stereocenters. The van der Waals surface area contributed by atoms with Gasteiger partial charge in [0.15, 0.2) is 0 Å². The van der Waals surface area contributed by atoms with E-state index in [0.29, 0.717) is 5.91 Å². The first-order valence-electron chi connectivity index (χ1n) is 4.04. The highest BCUT2D eigenvalue weighted by atomic mass is 16.2. The molecule has 1 rings (SSSR count). The molecule has 0 N–H and O–H groups in total. The number of amides is 1. The summed E-state index contributed by atoms with van der Waals surface area (Å²) in [7, 11) is 1.90. The molecule has 1 fully saturated rings. The van der Waals surface area contributed by atoms with E-state index in [2.05, 4.69) is 0 Å². The summed E-state index contributed by atoms with van der Waals surface area (Å²) in [5.41, 5.74) is 0. The highest BCUT2D eigenvalue weighted by Gasteiger charge is 2.09. The van der Waals surface area contributed by atoms with E-state index in [1.54, 1.807) is 0 Å². The standard InChI is InChI=1S/C8H15NO/c1-9-7-5-3-2-4-6-8(9)10/h2-7H2,1H3. The van der Waals surface area contributed by atoms with Gasteiger partial charge in [-0.25, -0.2) is 0 Å². The maximum atomic E-state index is 11.1. The molecule has 1 aliphatic heterocycles. The van der Waals surface area contributed by atoms with Crippen molar-refractivity contribution in [2.45, 2.75) is 32.1 Å². The van der Waals surface area contributed by atoms with Crippen LogP contribution in [-0.4, -0.2) is 24.4 Å². The summed E-state index contributed by atoms with van der Waals surface area (Å²) in [5, 5.41) is 0. The Bertz CT molecular complexity index is 122. The third-order valence-electron chi connectivity index (χ3n) is 2.06. The monoisotopic (exact) mass is 141 g/mol.